The number of carbonyl (C=O) groups is 1. The van der Waals surface area contributed by atoms with Crippen molar-refractivity contribution >= 4 is 5.91 Å². The molecule has 0 bridgehead atoms. The minimum absolute atomic E-state index is 0.00235. The summed E-state index contributed by atoms with van der Waals surface area (Å²) in [6.07, 6.45) is 2.73. The third-order valence-electron chi connectivity index (χ3n) is 4.27. The highest BCUT2D eigenvalue weighted by atomic mass is 16.5. The van der Waals surface area contributed by atoms with Gasteiger partial charge in [-0.3, -0.25) is 9.69 Å². The predicted octanol–water partition coefficient (Wildman–Crippen LogP) is 1.67. The van der Waals surface area contributed by atoms with Crippen LogP contribution in [0.4, 0.5) is 0 Å². The third kappa shape index (κ3) is 3.68. The highest BCUT2D eigenvalue weighted by molar-refractivity contribution is 5.94. The summed E-state index contributed by atoms with van der Waals surface area (Å²) in [5, 5.41) is 11.1. The van der Waals surface area contributed by atoms with Crippen LogP contribution in [0.25, 0.3) is 0 Å². The number of piperazine rings is 1. The summed E-state index contributed by atoms with van der Waals surface area (Å²) in [6.45, 7) is 5.41. The SMILES string of the molecule is CC1CN(Cc2ccccc2)CCN1C(=O)c1cc[n+]([O-])cc1. The van der Waals surface area contributed by atoms with Crippen molar-refractivity contribution in [3.63, 3.8) is 0 Å². The van der Waals surface area contributed by atoms with Gasteiger partial charge in [0.1, 0.15) is 0 Å². The summed E-state index contributed by atoms with van der Waals surface area (Å²) >= 11 is 0. The molecule has 1 unspecified atom stereocenters. The molecule has 1 aliphatic rings. The van der Waals surface area contributed by atoms with Crippen LogP contribution in [-0.2, 0) is 6.54 Å². The van der Waals surface area contributed by atoms with E-state index in [1.54, 1.807) is 12.1 Å². The molecule has 2 heterocycles. The number of hydrogen-bond donors (Lipinski definition) is 0. The normalized spacial score (nSPS) is 18.8. The Morgan fingerprint density at radius 2 is 1.87 bits per heavy atom. The van der Waals surface area contributed by atoms with Gasteiger partial charge in [-0.25, -0.2) is 0 Å². The molecule has 0 N–H and O–H groups in total. The van der Waals surface area contributed by atoms with Crippen molar-refractivity contribution in [3.05, 3.63) is 71.2 Å². The highest BCUT2D eigenvalue weighted by Crippen LogP contribution is 2.15. The van der Waals surface area contributed by atoms with Crippen molar-refractivity contribution < 1.29 is 9.52 Å². The first-order valence-corrected chi connectivity index (χ1v) is 7.89. The number of rotatable bonds is 3. The van der Waals surface area contributed by atoms with E-state index in [0.717, 1.165) is 19.6 Å². The molecule has 1 atom stereocenters. The largest absolute Gasteiger partial charge is 0.619 e. The van der Waals surface area contributed by atoms with Crippen LogP contribution in [0.2, 0.25) is 0 Å². The summed E-state index contributed by atoms with van der Waals surface area (Å²) in [7, 11) is 0. The zero-order valence-corrected chi connectivity index (χ0v) is 13.3. The Labute approximate surface area is 136 Å². The smallest absolute Gasteiger partial charge is 0.254 e. The van der Waals surface area contributed by atoms with Gasteiger partial charge in [0.25, 0.3) is 5.91 Å². The van der Waals surface area contributed by atoms with E-state index < -0.39 is 0 Å². The average molecular weight is 311 g/mol. The van der Waals surface area contributed by atoms with Gasteiger partial charge < -0.3 is 10.1 Å². The Morgan fingerprint density at radius 1 is 1.17 bits per heavy atom. The molecule has 1 saturated heterocycles. The molecule has 2 aromatic rings. The molecule has 0 spiro atoms. The fourth-order valence-corrected chi connectivity index (χ4v) is 3.04. The second-order valence-electron chi connectivity index (χ2n) is 6.01. The van der Waals surface area contributed by atoms with Crippen LogP contribution in [0, 0.1) is 5.21 Å². The lowest BCUT2D eigenvalue weighted by molar-refractivity contribution is -0.605. The second kappa shape index (κ2) is 6.79. The Kier molecular flexibility index (Phi) is 4.57. The number of carbonyl (C=O) groups excluding carboxylic acids is 1. The number of benzene rings is 1. The summed E-state index contributed by atoms with van der Waals surface area (Å²) in [6, 6.07) is 13.7. The van der Waals surface area contributed by atoms with E-state index in [4.69, 9.17) is 0 Å². The number of aromatic nitrogens is 1. The molecule has 5 nitrogen and oxygen atoms in total. The number of hydrogen-bond acceptors (Lipinski definition) is 3. The Hall–Kier alpha value is -2.40. The van der Waals surface area contributed by atoms with Gasteiger partial charge in [0.2, 0.25) is 0 Å². The molecular formula is C18H21N3O2. The first-order valence-electron chi connectivity index (χ1n) is 7.89. The lowest BCUT2D eigenvalue weighted by Gasteiger charge is -2.40. The summed E-state index contributed by atoms with van der Waals surface area (Å²) < 4.78 is 0.692. The molecule has 1 fully saturated rings. The molecule has 1 aliphatic heterocycles. The first-order chi connectivity index (χ1) is 11.1. The maximum atomic E-state index is 12.6. The van der Waals surface area contributed by atoms with E-state index in [9.17, 15) is 10.0 Å². The van der Waals surface area contributed by atoms with Crippen molar-refractivity contribution in [2.75, 3.05) is 19.6 Å². The summed E-state index contributed by atoms with van der Waals surface area (Å²) in [5.41, 5.74) is 1.86. The highest BCUT2D eigenvalue weighted by Gasteiger charge is 2.28. The van der Waals surface area contributed by atoms with Crippen LogP contribution in [-0.4, -0.2) is 41.4 Å². The lowest BCUT2D eigenvalue weighted by Crippen LogP contribution is -2.53. The number of pyridine rings is 1. The third-order valence-corrected chi connectivity index (χ3v) is 4.27. The van der Waals surface area contributed by atoms with Crippen molar-refractivity contribution in [1.82, 2.24) is 9.80 Å². The molecule has 3 rings (SSSR count). The van der Waals surface area contributed by atoms with Gasteiger partial charge in [-0.2, -0.15) is 4.73 Å². The molecule has 0 radical (unpaired) electrons. The van der Waals surface area contributed by atoms with E-state index in [1.807, 2.05) is 11.0 Å². The predicted molar refractivity (Wildman–Crippen MR) is 87.6 cm³/mol. The monoisotopic (exact) mass is 311 g/mol. The van der Waals surface area contributed by atoms with E-state index in [2.05, 4.69) is 36.1 Å². The van der Waals surface area contributed by atoms with Crippen LogP contribution in [0.3, 0.4) is 0 Å². The molecule has 5 heteroatoms. The maximum Gasteiger partial charge on any atom is 0.254 e. The van der Waals surface area contributed by atoms with Crippen molar-refractivity contribution in [2.24, 2.45) is 0 Å². The topological polar surface area (TPSA) is 50.5 Å². The standard InChI is InChI=1S/C18H21N3O2/c1-15-13-19(14-16-5-3-2-4-6-16)11-12-21(15)18(22)17-7-9-20(23)10-8-17/h2-10,15H,11-14H2,1H3. The lowest BCUT2D eigenvalue weighted by atomic mass is 10.1. The van der Waals surface area contributed by atoms with E-state index in [0.29, 0.717) is 16.8 Å². The molecule has 1 aromatic heterocycles. The van der Waals surface area contributed by atoms with Crippen LogP contribution in [0.15, 0.2) is 54.9 Å². The van der Waals surface area contributed by atoms with Crippen LogP contribution >= 0.6 is 0 Å². The summed E-state index contributed by atoms with van der Waals surface area (Å²) in [4.78, 5) is 16.9. The first kappa shape index (κ1) is 15.5. The van der Waals surface area contributed by atoms with Gasteiger partial charge in [-0.15, -0.1) is 0 Å². The van der Waals surface area contributed by atoms with Crippen molar-refractivity contribution in [2.45, 2.75) is 19.5 Å². The minimum Gasteiger partial charge on any atom is -0.619 e. The van der Waals surface area contributed by atoms with Gasteiger partial charge >= 0.3 is 0 Å². The quantitative estimate of drug-likeness (QED) is 0.640. The van der Waals surface area contributed by atoms with E-state index in [1.165, 1.54) is 18.0 Å². The molecule has 120 valence electrons. The Morgan fingerprint density at radius 3 is 2.52 bits per heavy atom. The van der Waals surface area contributed by atoms with E-state index in [-0.39, 0.29) is 11.9 Å². The molecular weight excluding hydrogens is 290 g/mol. The van der Waals surface area contributed by atoms with Gasteiger partial charge in [-0.1, -0.05) is 30.3 Å². The van der Waals surface area contributed by atoms with Gasteiger partial charge in [0.15, 0.2) is 12.4 Å². The minimum atomic E-state index is -0.00235. The average Bonchev–Trinajstić information content (AvgIpc) is 2.56. The summed E-state index contributed by atoms with van der Waals surface area (Å²) in [5.74, 6) is -0.00235. The molecule has 0 aliphatic carbocycles. The fraction of sp³-hybridized carbons (Fsp3) is 0.333. The zero-order valence-electron chi connectivity index (χ0n) is 13.3. The van der Waals surface area contributed by atoms with Crippen LogP contribution < -0.4 is 4.73 Å². The van der Waals surface area contributed by atoms with Gasteiger partial charge in [-0.05, 0) is 12.5 Å². The van der Waals surface area contributed by atoms with Gasteiger partial charge in [0.05, 0.1) is 5.56 Å². The Bertz CT molecular complexity index is 658. The van der Waals surface area contributed by atoms with Gasteiger partial charge in [0, 0.05) is 44.4 Å². The zero-order chi connectivity index (χ0) is 16.2. The fourth-order valence-electron chi connectivity index (χ4n) is 3.04. The molecule has 0 saturated carbocycles. The Balaban J connectivity index is 1.62. The maximum absolute atomic E-state index is 12.6. The number of nitrogens with zero attached hydrogens (tertiary/aromatic N) is 3. The van der Waals surface area contributed by atoms with E-state index >= 15 is 0 Å². The second-order valence-corrected chi connectivity index (χ2v) is 6.01. The molecule has 1 aromatic carbocycles. The molecule has 23 heavy (non-hydrogen) atoms. The van der Waals surface area contributed by atoms with Crippen LogP contribution in [0.1, 0.15) is 22.8 Å². The van der Waals surface area contributed by atoms with Crippen molar-refractivity contribution in [1.29, 1.82) is 0 Å². The number of amides is 1. The van der Waals surface area contributed by atoms with Crippen molar-refractivity contribution in [3.8, 4) is 0 Å². The van der Waals surface area contributed by atoms with Crippen LogP contribution in [0.5, 0.6) is 0 Å². The molecule has 1 amide bonds.